The number of hydrogen-bond donors (Lipinski definition) is 2. The van der Waals surface area contributed by atoms with Crippen LogP contribution in [0.5, 0.6) is 0 Å². The molecule has 344 valence electrons. The van der Waals surface area contributed by atoms with E-state index in [9.17, 15) is 14.3 Å². The fourth-order valence-electron chi connectivity index (χ4n) is 6.10. The Morgan fingerprint density at radius 2 is 0.883 bits per heavy atom. The smallest absolute Gasteiger partial charge is 0.457 e. The number of esters is 1. The topological polar surface area (TPSA) is 117 Å². The van der Waals surface area contributed by atoms with Crippen molar-refractivity contribution in [3.8, 4) is 0 Å². The third-order valence-electron chi connectivity index (χ3n) is 9.50. The molecule has 0 spiro atoms. The highest BCUT2D eigenvalue weighted by Gasteiger charge is 2.25. The average molecular weight is 858 g/mol. The summed E-state index contributed by atoms with van der Waals surface area (Å²) in [4.78, 5) is 22.6. The monoisotopic (exact) mass is 858 g/mol. The second-order valence-corrected chi connectivity index (χ2v) is 16.7. The minimum atomic E-state index is -4.29. The zero-order valence-electron chi connectivity index (χ0n) is 38.2. The Balaban J connectivity index is 4.05. The second-order valence-electron chi connectivity index (χ2n) is 15.2. The number of carbonyl (C=O) groups is 1. The average Bonchev–Trinajstić information content (AvgIpc) is 3.24. The van der Waals surface area contributed by atoms with Gasteiger partial charge in [-0.3, -0.25) is 13.8 Å². The van der Waals surface area contributed by atoms with E-state index < -0.39 is 13.9 Å². The Hall–Kier alpha value is -2.58. The fraction of sp³-hybridized carbons (Fsp3) is 0.667. The van der Waals surface area contributed by atoms with E-state index in [1.54, 1.807) is 0 Å². The van der Waals surface area contributed by atoms with Crippen LogP contribution in [0.15, 0.2) is 97.2 Å². The number of rotatable bonds is 44. The molecule has 2 unspecified atom stereocenters. The Morgan fingerprint density at radius 3 is 1.32 bits per heavy atom. The number of ether oxygens (including phenoxy) is 2. The Labute approximate surface area is 368 Å². The first kappa shape index (κ1) is 57.4. The molecule has 0 bridgehead atoms. The summed E-state index contributed by atoms with van der Waals surface area (Å²) in [7, 11) is -4.29. The maximum absolute atomic E-state index is 12.6. The van der Waals surface area contributed by atoms with Crippen LogP contribution in [0.25, 0.3) is 0 Å². The lowest BCUT2D eigenvalue weighted by molar-refractivity contribution is -0.154. The van der Waals surface area contributed by atoms with Crippen molar-refractivity contribution in [2.45, 2.75) is 187 Å². The van der Waals surface area contributed by atoms with Gasteiger partial charge in [0.15, 0.2) is 0 Å². The molecule has 0 aromatic heterocycles. The van der Waals surface area contributed by atoms with Crippen molar-refractivity contribution in [3.05, 3.63) is 97.2 Å². The Bertz CT molecular complexity index is 1240. The quantitative estimate of drug-likeness (QED) is 0.0269. The van der Waals surface area contributed by atoms with Gasteiger partial charge < -0.3 is 20.1 Å². The molecular formula is C51H88NO7P. The van der Waals surface area contributed by atoms with Crippen LogP contribution in [-0.2, 0) is 27.9 Å². The largest absolute Gasteiger partial charge is 0.472 e. The summed E-state index contributed by atoms with van der Waals surface area (Å²) in [5.74, 6) is -0.348. The maximum atomic E-state index is 12.6. The van der Waals surface area contributed by atoms with Crippen molar-refractivity contribution in [1.82, 2.24) is 0 Å². The van der Waals surface area contributed by atoms with Crippen LogP contribution in [-0.4, -0.2) is 49.9 Å². The van der Waals surface area contributed by atoms with Crippen LogP contribution >= 0.6 is 7.82 Å². The Morgan fingerprint density at radius 1 is 0.500 bits per heavy atom. The molecule has 0 saturated heterocycles. The summed E-state index contributed by atoms with van der Waals surface area (Å²) in [6.07, 6.45) is 62.8. The van der Waals surface area contributed by atoms with Crippen LogP contribution in [0, 0.1) is 0 Å². The summed E-state index contributed by atoms with van der Waals surface area (Å²) in [5, 5.41) is 0. The number of phosphoric ester groups is 1. The number of phosphoric acid groups is 1. The Kier molecular flexibility index (Phi) is 45.4. The van der Waals surface area contributed by atoms with Gasteiger partial charge in [-0.15, -0.1) is 0 Å². The van der Waals surface area contributed by atoms with Crippen molar-refractivity contribution in [2.75, 3.05) is 33.0 Å². The van der Waals surface area contributed by atoms with E-state index in [0.717, 1.165) is 103 Å². The van der Waals surface area contributed by atoms with E-state index in [1.165, 1.54) is 57.8 Å². The van der Waals surface area contributed by atoms with E-state index in [0.29, 0.717) is 13.0 Å². The second kappa shape index (κ2) is 47.5. The molecule has 0 aliphatic rings. The molecule has 0 aliphatic carbocycles. The minimum absolute atomic E-state index is 0.0915. The third kappa shape index (κ3) is 46.5. The summed E-state index contributed by atoms with van der Waals surface area (Å²) >= 11 is 0. The predicted molar refractivity (Wildman–Crippen MR) is 256 cm³/mol. The number of unbranched alkanes of at least 4 members (excludes halogenated alkanes) is 15. The highest BCUT2D eigenvalue weighted by molar-refractivity contribution is 7.47. The number of carbonyl (C=O) groups excluding carboxylic acids is 1. The summed E-state index contributed by atoms with van der Waals surface area (Å²) in [5.41, 5.74) is 5.38. The van der Waals surface area contributed by atoms with Crippen molar-refractivity contribution < 1.29 is 32.8 Å². The predicted octanol–water partition coefficient (Wildman–Crippen LogP) is 14.6. The van der Waals surface area contributed by atoms with Gasteiger partial charge in [-0.1, -0.05) is 182 Å². The molecule has 0 aromatic rings. The van der Waals surface area contributed by atoms with Gasteiger partial charge in [0.1, 0.15) is 6.10 Å². The first-order valence-electron chi connectivity index (χ1n) is 23.7. The van der Waals surface area contributed by atoms with Crippen molar-refractivity contribution in [1.29, 1.82) is 0 Å². The highest BCUT2D eigenvalue weighted by atomic mass is 31.2. The lowest BCUT2D eigenvalue weighted by Gasteiger charge is -2.20. The first-order valence-corrected chi connectivity index (χ1v) is 25.2. The van der Waals surface area contributed by atoms with Crippen LogP contribution in [0.4, 0.5) is 0 Å². The van der Waals surface area contributed by atoms with Crippen molar-refractivity contribution >= 4 is 13.8 Å². The molecule has 0 amide bonds. The molecular weight excluding hydrogens is 770 g/mol. The maximum Gasteiger partial charge on any atom is 0.472 e. The molecule has 60 heavy (non-hydrogen) atoms. The van der Waals surface area contributed by atoms with E-state index in [1.807, 2.05) is 0 Å². The molecule has 0 heterocycles. The lowest BCUT2D eigenvalue weighted by Crippen LogP contribution is -2.28. The van der Waals surface area contributed by atoms with Gasteiger partial charge in [0.25, 0.3) is 0 Å². The van der Waals surface area contributed by atoms with Gasteiger partial charge in [-0.2, -0.15) is 0 Å². The van der Waals surface area contributed by atoms with Crippen LogP contribution in [0.3, 0.4) is 0 Å². The van der Waals surface area contributed by atoms with Crippen molar-refractivity contribution in [3.63, 3.8) is 0 Å². The molecule has 9 heteroatoms. The van der Waals surface area contributed by atoms with Gasteiger partial charge in [-0.05, 0) is 89.9 Å². The number of allylic oxidation sites excluding steroid dienone is 16. The number of hydrogen-bond acceptors (Lipinski definition) is 7. The molecule has 0 radical (unpaired) electrons. The van der Waals surface area contributed by atoms with Gasteiger partial charge in [0.05, 0.1) is 19.8 Å². The van der Waals surface area contributed by atoms with Crippen LogP contribution < -0.4 is 5.73 Å². The number of nitrogens with two attached hydrogens (primary N) is 1. The van der Waals surface area contributed by atoms with E-state index in [2.05, 4.69) is 111 Å². The van der Waals surface area contributed by atoms with E-state index >= 15 is 0 Å². The zero-order valence-corrected chi connectivity index (χ0v) is 39.1. The lowest BCUT2D eigenvalue weighted by atomic mass is 10.1. The summed E-state index contributed by atoms with van der Waals surface area (Å²) < 4.78 is 33.5. The molecule has 8 nitrogen and oxygen atoms in total. The van der Waals surface area contributed by atoms with Crippen LogP contribution in [0.2, 0.25) is 0 Å². The highest BCUT2D eigenvalue weighted by Crippen LogP contribution is 2.43. The molecule has 0 rings (SSSR count). The molecule has 2 atom stereocenters. The van der Waals surface area contributed by atoms with Gasteiger partial charge in [-0.25, -0.2) is 4.57 Å². The van der Waals surface area contributed by atoms with Gasteiger partial charge in [0.2, 0.25) is 0 Å². The minimum Gasteiger partial charge on any atom is -0.457 e. The first-order chi connectivity index (χ1) is 29.4. The SMILES string of the molecule is CC/C=C\C/C=C\C/C=C\C/C=C\C/C=C\CCCCCCCCCC(=O)OC(COCCCCCCCCCC/C=C\C/C=C\C/C=C\CC)COP(=O)(O)OCCN. The van der Waals surface area contributed by atoms with Gasteiger partial charge >= 0.3 is 13.8 Å². The normalized spacial score (nSPS) is 14.3. The molecule has 3 N–H and O–H groups in total. The van der Waals surface area contributed by atoms with E-state index in [-0.39, 0.29) is 32.3 Å². The molecule has 0 fully saturated rings. The molecule has 0 aliphatic heterocycles. The van der Waals surface area contributed by atoms with Gasteiger partial charge in [0, 0.05) is 19.6 Å². The standard InChI is InChI=1S/C51H88NO7P/c1-3-5-7-9-11-13-15-17-19-21-23-24-25-26-27-28-30-32-34-36-38-40-42-44-51(53)59-50(49-58-60(54,55)57-47-45-52)48-56-46-43-41-39-37-35-33-31-29-22-20-18-16-14-12-10-8-6-4-2/h5-8,11-14,17-20,23-24,26-27,50H,3-4,9-10,15-16,21-22,25,28-49,52H2,1-2H3,(H,54,55)/b7-5-,8-6-,13-11-,14-12-,19-17-,20-18-,24-23-,27-26-. The zero-order chi connectivity index (χ0) is 43.7. The van der Waals surface area contributed by atoms with Crippen molar-refractivity contribution in [2.24, 2.45) is 5.73 Å². The van der Waals surface area contributed by atoms with E-state index in [4.69, 9.17) is 24.3 Å². The van der Waals surface area contributed by atoms with Crippen LogP contribution in [0.1, 0.15) is 181 Å². The summed E-state index contributed by atoms with van der Waals surface area (Å²) in [6, 6.07) is 0. The third-order valence-corrected chi connectivity index (χ3v) is 10.5. The fourth-order valence-corrected chi connectivity index (χ4v) is 6.86. The molecule has 0 aromatic carbocycles. The molecule has 0 saturated carbocycles. The summed E-state index contributed by atoms with van der Waals surface area (Å²) in [6.45, 7) is 4.65.